The van der Waals surface area contributed by atoms with E-state index < -0.39 is 32.7 Å². The van der Waals surface area contributed by atoms with Crippen molar-refractivity contribution in [1.82, 2.24) is 25.8 Å². The zero-order valence-corrected chi connectivity index (χ0v) is 10.8. The molecule has 1 rings (SSSR count). The van der Waals surface area contributed by atoms with Crippen molar-refractivity contribution < 1.29 is 20.0 Å². The van der Waals surface area contributed by atoms with Gasteiger partial charge < -0.3 is 20.2 Å². The van der Waals surface area contributed by atoms with Gasteiger partial charge in [0.1, 0.15) is 5.03 Å². The van der Waals surface area contributed by atoms with E-state index in [2.05, 4.69) is 36.3 Å². The fourth-order valence-corrected chi connectivity index (χ4v) is 0.749. The van der Waals surface area contributed by atoms with E-state index in [1.54, 1.807) is 0 Å². The zero-order valence-electron chi connectivity index (χ0n) is 10.8. The summed E-state index contributed by atoms with van der Waals surface area (Å²) in [6.07, 6.45) is 0. The van der Waals surface area contributed by atoms with Crippen molar-refractivity contribution in [3.05, 3.63) is 35.8 Å². The fourth-order valence-electron chi connectivity index (χ4n) is 0.749. The highest BCUT2D eigenvalue weighted by molar-refractivity contribution is 5.72. The summed E-state index contributed by atoms with van der Waals surface area (Å²) in [5.41, 5.74) is 6.79. The lowest BCUT2D eigenvalue weighted by Gasteiger charge is -1.94. The van der Waals surface area contributed by atoms with Gasteiger partial charge in [-0.25, -0.2) is 21.0 Å². The summed E-state index contributed by atoms with van der Waals surface area (Å²) in [4.78, 5) is 36.8. The smallest absolute Gasteiger partial charge is 0.390 e. The summed E-state index contributed by atoms with van der Waals surface area (Å²) in [5.74, 6) is 11.3. The van der Waals surface area contributed by atoms with Gasteiger partial charge in [0.2, 0.25) is 0 Å². The number of hydrogen-bond donors (Lipinski definition) is 6. The third-order valence-corrected chi connectivity index (χ3v) is 1.53. The molecular formula is C4H9N13O6. The molecular weight excluding hydrogens is 326 g/mol. The molecule has 0 unspecified atom stereocenters. The van der Waals surface area contributed by atoms with Crippen LogP contribution >= 0.6 is 0 Å². The van der Waals surface area contributed by atoms with E-state index in [1.165, 1.54) is 0 Å². The van der Waals surface area contributed by atoms with Gasteiger partial charge in [0, 0.05) is 10.4 Å². The Labute approximate surface area is 124 Å². The molecule has 0 amide bonds. The van der Waals surface area contributed by atoms with Crippen LogP contribution in [0.3, 0.4) is 0 Å². The monoisotopic (exact) mass is 335 g/mol. The van der Waals surface area contributed by atoms with Crippen LogP contribution in [0.5, 0.6) is 0 Å². The molecule has 126 valence electrons. The quantitative estimate of drug-likeness (QED) is 0.0987. The molecule has 0 spiro atoms. The van der Waals surface area contributed by atoms with Crippen LogP contribution in [-0.4, -0.2) is 35.8 Å². The second-order valence-corrected chi connectivity index (χ2v) is 2.90. The van der Waals surface area contributed by atoms with Gasteiger partial charge in [-0.1, -0.05) is 0 Å². The predicted molar refractivity (Wildman–Crippen MR) is 68.0 cm³/mol. The van der Waals surface area contributed by atoms with Crippen LogP contribution in [-0.2, 0) is 0 Å². The van der Waals surface area contributed by atoms with Crippen molar-refractivity contribution in [3.8, 4) is 0 Å². The highest BCUT2D eigenvalue weighted by atomic mass is 16.7. The Balaban J connectivity index is 0.000000585. The first kappa shape index (κ1) is 19.0. The number of hydrazone groups is 1. The highest BCUT2D eigenvalue weighted by Gasteiger charge is 2.25. The SMILES string of the molecule is NNC(NN)=[NH+]N.O=[N+]([O-])[N-]c1nc([N+](=O)[O-])nc([N+](=O)[O-])n1. The second-order valence-electron chi connectivity index (χ2n) is 2.90. The van der Waals surface area contributed by atoms with Crippen molar-refractivity contribution in [2.24, 2.45) is 17.5 Å². The van der Waals surface area contributed by atoms with Crippen LogP contribution in [0.4, 0.5) is 17.8 Å². The third kappa shape index (κ3) is 6.82. The van der Waals surface area contributed by atoms with Gasteiger partial charge in [-0.15, -0.1) is 0 Å². The van der Waals surface area contributed by atoms with E-state index in [0.717, 1.165) is 0 Å². The van der Waals surface area contributed by atoms with E-state index in [9.17, 15) is 30.3 Å². The third-order valence-electron chi connectivity index (χ3n) is 1.53. The van der Waals surface area contributed by atoms with Crippen LogP contribution < -0.4 is 33.5 Å². The van der Waals surface area contributed by atoms with Crippen LogP contribution in [0, 0.1) is 30.3 Å². The first-order valence-electron chi connectivity index (χ1n) is 4.92. The lowest BCUT2D eigenvalue weighted by Crippen LogP contribution is -2.86. The molecule has 0 saturated heterocycles. The Morgan fingerprint density at radius 3 is 1.65 bits per heavy atom. The van der Waals surface area contributed by atoms with Crippen LogP contribution in [0.2, 0.25) is 0 Å². The Morgan fingerprint density at radius 1 is 1.00 bits per heavy atom. The zero-order chi connectivity index (χ0) is 18.0. The standard InChI is InChI=1S/C3N7O6.CH8N6/c11-8(12)2-4-1(7-10(15)16)5-3(6-2)9(13)14;2-5-1(6-3)7-4/h;2-4H2,(H2,5,6,7)/q-1;/p+1. The summed E-state index contributed by atoms with van der Waals surface area (Å²) >= 11 is 0. The van der Waals surface area contributed by atoms with Crippen molar-refractivity contribution in [3.63, 3.8) is 0 Å². The summed E-state index contributed by atoms with van der Waals surface area (Å²) in [7, 11) is 0. The van der Waals surface area contributed by atoms with Crippen LogP contribution in [0.1, 0.15) is 0 Å². The summed E-state index contributed by atoms with van der Waals surface area (Å²) in [6, 6.07) is 0. The minimum absolute atomic E-state index is 0.264. The van der Waals surface area contributed by atoms with Gasteiger partial charge in [0.05, 0.1) is 0 Å². The van der Waals surface area contributed by atoms with Gasteiger partial charge in [-0.2, -0.15) is 16.8 Å². The fraction of sp³-hybridized carbons (Fsp3) is 0. The molecule has 9 N–H and O–H groups in total. The molecule has 0 aliphatic carbocycles. The molecule has 0 atom stereocenters. The van der Waals surface area contributed by atoms with Crippen LogP contribution in [0.25, 0.3) is 5.43 Å². The second kappa shape index (κ2) is 9.03. The first-order valence-corrected chi connectivity index (χ1v) is 4.92. The van der Waals surface area contributed by atoms with E-state index in [1.807, 2.05) is 0 Å². The van der Waals surface area contributed by atoms with Gasteiger partial charge in [-0.3, -0.25) is 5.84 Å². The molecule has 0 aliphatic heterocycles. The lowest BCUT2D eigenvalue weighted by molar-refractivity contribution is -0.474. The van der Waals surface area contributed by atoms with Crippen molar-refractivity contribution in [2.75, 3.05) is 0 Å². The number of rotatable bonds is 4. The molecule has 0 bridgehead atoms. The van der Waals surface area contributed by atoms with Crippen molar-refractivity contribution >= 4 is 23.8 Å². The maximum atomic E-state index is 10.2. The number of nitrogens with one attached hydrogen (secondary N) is 3. The molecule has 0 saturated carbocycles. The number of hydrogen-bond acceptors (Lipinski definition) is 12. The molecule has 0 aromatic carbocycles. The number of nitrogens with zero attached hydrogens (tertiary/aromatic N) is 7. The van der Waals surface area contributed by atoms with Gasteiger partial charge in [-0.05, 0) is 19.8 Å². The molecule has 1 aromatic rings. The number of nitro groups is 3. The topological polar surface area (TPSA) is 298 Å². The summed E-state index contributed by atoms with van der Waals surface area (Å²) < 4.78 is 0. The molecule has 19 heteroatoms. The molecule has 19 nitrogen and oxygen atoms in total. The Hall–Kier alpha value is -4.00. The summed E-state index contributed by atoms with van der Waals surface area (Å²) in [5, 5.41) is 31.3. The lowest BCUT2D eigenvalue weighted by atomic mass is 10.8. The van der Waals surface area contributed by atoms with E-state index in [4.69, 9.17) is 17.5 Å². The summed E-state index contributed by atoms with van der Waals surface area (Å²) in [6.45, 7) is 0. The van der Waals surface area contributed by atoms with E-state index in [-0.39, 0.29) is 5.96 Å². The average molecular weight is 335 g/mol. The van der Waals surface area contributed by atoms with Gasteiger partial charge in [0.25, 0.3) is 0 Å². The highest BCUT2D eigenvalue weighted by Crippen LogP contribution is 2.18. The maximum Gasteiger partial charge on any atom is 0.478 e. The number of guanidine groups is 1. The maximum absolute atomic E-state index is 10.2. The largest absolute Gasteiger partial charge is 0.478 e. The Kier molecular flexibility index (Phi) is 7.46. The molecule has 0 aliphatic rings. The normalized spacial score (nSPS) is 8.78. The minimum atomic E-state index is -1.25. The molecule has 1 aromatic heterocycles. The molecule has 0 fully saturated rings. The predicted octanol–water partition coefficient (Wildman–Crippen LogP) is -4.89. The molecule has 23 heavy (non-hydrogen) atoms. The molecule has 0 radical (unpaired) electrons. The number of hydrazine groups is 3. The Bertz CT molecular complexity index is 576. The number of aromatic nitrogens is 3. The minimum Gasteiger partial charge on any atom is -0.390 e. The van der Waals surface area contributed by atoms with Gasteiger partial charge >= 0.3 is 23.8 Å². The average Bonchev–Trinajstić information content (AvgIpc) is 2.48. The van der Waals surface area contributed by atoms with E-state index in [0.29, 0.717) is 0 Å². The number of nitrogens with two attached hydrogens (primary N) is 3. The van der Waals surface area contributed by atoms with Crippen molar-refractivity contribution in [1.29, 1.82) is 0 Å². The van der Waals surface area contributed by atoms with Crippen molar-refractivity contribution in [2.45, 2.75) is 0 Å². The van der Waals surface area contributed by atoms with Crippen LogP contribution in [0.15, 0.2) is 0 Å². The van der Waals surface area contributed by atoms with Gasteiger partial charge in [0.15, 0.2) is 0 Å². The molecule has 1 heterocycles. The van der Waals surface area contributed by atoms with E-state index >= 15 is 0 Å². The Morgan fingerprint density at radius 2 is 1.43 bits per heavy atom. The first-order chi connectivity index (χ1) is 10.7.